The molecule has 182 valence electrons. The Morgan fingerprint density at radius 3 is 2.51 bits per heavy atom. The van der Waals surface area contributed by atoms with E-state index < -0.39 is 0 Å². The Balaban J connectivity index is 1.28. The van der Waals surface area contributed by atoms with E-state index >= 15 is 0 Å². The van der Waals surface area contributed by atoms with E-state index in [-0.39, 0.29) is 0 Å². The summed E-state index contributed by atoms with van der Waals surface area (Å²) in [4.78, 5) is 36.7. The number of thiophene rings is 2. The number of hydrogen-bond donors (Lipinski definition) is 0. The second-order valence-electron chi connectivity index (χ2n) is 9.04. The van der Waals surface area contributed by atoms with Gasteiger partial charge in [-0.2, -0.15) is 0 Å². The number of aromatic nitrogens is 9. The Hall–Kier alpha value is -5.00. The molecule has 11 heteroatoms. The first-order valence-corrected chi connectivity index (χ1v) is 13.7. The summed E-state index contributed by atoms with van der Waals surface area (Å²) in [5.74, 6) is 0.721. The molecule has 0 radical (unpaired) electrons. The van der Waals surface area contributed by atoms with Crippen LogP contribution in [0.25, 0.3) is 79.7 Å². The van der Waals surface area contributed by atoms with Gasteiger partial charge in [0.25, 0.3) is 0 Å². The normalized spacial score (nSPS) is 12.1. The Labute approximate surface area is 226 Å². The first kappa shape index (κ1) is 21.0. The minimum Gasteiger partial charge on any atom is -0.273 e. The van der Waals surface area contributed by atoms with Gasteiger partial charge in [-0.3, -0.25) is 19.5 Å². The molecule has 39 heavy (non-hydrogen) atoms. The van der Waals surface area contributed by atoms with Crippen LogP contribution in [-0.4, -0.2) is 44.4 Å². The summed E-state index contributed by atoms with van der Waals surface area (Å²) in [6.07, 6.45) is 16.1. The van der Waals surface area contributed by atoms with Crippen molar-refractivity contribution in [2.75, 3.05) is 0 Å². The van der Waals surface area contributed by atoms with Crippen molar-refractivity contribution < 1.29 is 0 Å². The third-order valence-corrected chi connectivity index (χ3v) is 9.20. The van der Waals surface area contributed by atoms with Gasteiger partial charge in [0.1, 0.15) is 23.2 Å². The van der Waals surface area contributed by atoms with Crippen LogP contribution in [0.1, 0.15) is 0 Å². The maximum Gasteiger partial charge on any atom is 0.167 e. The smallest absolute Gasteiger partial charge is 0.167 e. The molecule has 0 fully saturated rings. The van der Waals surface area contributed by atoms with E-state index in [1.807, 2.05) is 41.6 Å². The summed E-state index contributed by atoms with van der Waals surface area (Å²) >= 11 is 3.40. The predicted octanol–water partition coefficient (Wildman–Crippen LogP) is 6.35. The Bertz CT molecular complexity index is 2370. The summed E-state index contributed by atoms with van der Waals surface area (Å²) in [7, 11) is 0. The number of nitrogens with zero attached hydrogens (tertiary/aromatic N) is 9. The van der Waals surface area contributed by atoms with Crippen LogP contribution in [0.15, 0.2) is 80.2 Å². The third kappa shape index (κ3) is 2.93. The third-order valence-electron chi connectivity index (χ3n) is 6.92. The number of fused-ring (bicyclic) bond motifs is 9. The fourth-order valence-electron chi connectivity index (χ4n) is 5.21. The Kier molecular flexibility index (Phi) is 4.18. The van der Waals surface area contributed by atoms with Crippen molar-refractivity contribution in [3.63, 3.8) is 0 Å². The van der Waals surface area contributed by atoms with Gasteiger partial charge in [-0.05, 0) is 24.3 Å². The molecule has 9 nitrogen and oxygen atoms in total. The molecule has 0 aromatic carbocycles. The van der Waals surface area contributed by atoms with E-state index in [4.69, 9.17) is 9.97 Å². The quantitative estimate of drug-likeness (QED) is 0.250. The highest BCUT2D eigenvalue weighted by atomic mass is 32.1. The van der Waals surface area contributed by atoms with E-state index in [9.17, 15) is 0 Å². The van der Waals surface area contributed by atoms with Gasteiger partial charge < -0.3 is 0 Å². The maximum absolute atomic E-state index is 4.82. The average molecular weight is 540 g/mol. The van der Waals surface area contributed by atoms with E-state index in [2.05, 4.69) is 48.1 Å². The van der Waals surface area contributed by atoms with Crippen molar-refractivity contribution in [1.82, 2.24) is 44.4 Å². The van der Waals surface area contributed by atoms with Gasteiger partial charge in [0.15, 0.2) is 5.65 Å². The summed E-state index contributed by atoms with van der Waals surface area (Å²) < 4.78 is 6.42. The second-order valence-corrected chi connectivity index (χ2v) is 11.2. The van der Waals surface area contributed by atoms with Crippen molar-refractivity contribution in [1.29, 1.82) is 0 Å². The van der Waals surface area contributed by atoms with Crippen LogP contribution in [0.5, 0.6) is 0 Å². The van der Waals surface area contributed by atoms with Crippen molar-refractivity contribution in [3.05, 3.63) is 80.2 Å². The van der Waals surface area contributed by atoms with Crippen molar-refractivity contribution in [2.45, 2.75) is 0 Å². The highest BCUT2D eigenvalue weighted by Crippen LogP contribution is 2.41. The van der Waals surface area contributed by atoms with E-state index in [1.54, 1.807) is 41.3 Å². The fraction of sp³-hybridized carbons (Fsp3) is 0. The molecule has 0 N–H and O–H groups in total. The SMILES string of the molecule is c1cnc2c(c1)sc1cnc(-c3cncc4c3sc3cnc(-n5c6cncnc6c6nccnc65)cc34)cc12. The van der Waals surface area contributed by atoms with Crippen molar-refractivity contribution in [2.24, 2.45) is 0 Å². The van der Waals surface area contributed by atoms with Gasteiger partial charge in [0, 0.05) is 69.8 Å². The highest BCUT2D eigenvalue weighted by Gasteiger charge is 2.19. The molecule has 0 spiro atoms. The van der Waals surface area contributed by atoms with E-state index in [1.165, 1.54) is 6.33 Å². The zero-order valence-electron chi connectivity index (χ0n) is 19.8. The standard InChI is InChI=1S/C28H13N9S2/c1-2-20-24(31-3-1)15-6-18(34-11-22(15)38-20)17-9-29-8-16-14-7-23(35-12-21(14)39-27(16)17)37-19-10-30-13-36-25(19)26-28(37)33-5-4-32-26/h1-13H. The largest absolute Gasteiger partial charge is 0.273 e. The Morgan fingerprint density at radius 1 is 0.615 bits per heavy atom. The monoisotopic (exact) mass is 539 g/mol. The van der Waals surface area contributed by atoms with Crippen LogP contribution in [0.4, 0.5) is 0 Å². The molecule has 9 aromatic rings. The van der Waals surface area contributed by atoms with Crippen LogP contribution < -0.4 is 0 Å². The average Bonchev–Trinajstić information content (AvgIpc) is 3.66. The molecule has 0 atom stereocenters. The molecule has 0 bridgehead atoms. The summed E-state index contributed by atoms with van der Waals surface area (Å²) in [6.45, 7) is 0. The van der Waals surface area contributed by atoms with E-state index in [0.29, 0.717) is 11.2 Å². The first-order valence-electron chi connectivity index (χ1n) is 12.0. The van der Waals surface area contributed by atoms with Gasteiger partial charge in [-0.25, -0.2) is 24.9 Å². The van der Waals surface area contributed by atoms with Gasteiger partial charge in [-0.1, -0.05) is 0 Å². The zero-order valence-corrected chi connectivity index (χ0v) is 21.5. The van der Waals surface area contributed by atoms with Gasteiger partial charge in [0.2, 0.25) is 0 Å². The van der Waals surface area contributed by atoms with Crippen molar-refractivity contribution >= 4 is 85.3 Å². The summed E-state index contributed by atoms with van der Waals surface area (Å²) in [5.41, 5.74) is 5.82. The van der Waals surface area contributed by atoms with Gasteiger partial charge in [0.05, 0.1) is 37.0 Å². The fourth-order valence-corrected chi connectivity index (χ4v) is 7.37. The molecule has 0 aliphatic carbocycles. The maximum atomic E-state index is 4.82. The van der Waals surface area contributed by atoms with Crippen molar-refractivity contribution in [3.8, 4) is 17.1 Å². The number of rotatable bonds is 2. The molecule has 0 saturated carbocycles. The highest BCUT2D eigenvalue weighted by molar-refractivity contribution is 7.26. The van der Waals surface area contributed by atoms with Crippen LogP contribution >= 0.6 is 22.7 Å². The van der Waals surface area contributed by atoms with Gasteiger partial charge in [-0.15, -0.1) is 22.7 Å². The summed E-state index contributed by atoms with van der Waals surface area (Å²) in [5, 5.41) is 3.22. The summed E-state index contributed by atoms with van der Waals surface area (Å²) in [6, 6.07) is 8.27. The lowest BCUT2D eigenvalue weighted by molar-refractivity contribution is 1.05. The second kappa shape index (κ2) is 7.76. The lowest BCUT2D eigenvalue weighted by atomic mass is 10.1. The van der Waals surface area contributed by atoms with Crippen LogP contribution in [0.3, 0.4) is 0 Å². The molecular formula is C28H13N9S2. The number of hydrogen-bond acceptors (Lipinski definition) is 10. The predicted molar refractivity (Wildman–Crippen MR) is 154 cm³/mol. The zero-order chi connectivity index (χ0) is 25.5. The minimum absolute atomic E-state index is 0.687. The molecule has 0 aliphatic rings. The molecular weight excluding hydrogens is 527 g/mol. The lowest BCUT2D eigenvalue weighted by Gasteiger charge is -2.05. The molecule has 0 saturated heterocycles. The first-order chi connectivity index (χ1) is 19.3. The molecule has 0 unspecified atom stereocenters. The molecule has 0 aliphatic heterocycles. The van der Waals surface area contributed by atoms with Crippen LogP contribution in [0, 0.1) is 0 Å². The van der Waals surface area contributed by atoms with Crippen LogP contribution in [0.2, 0.25) is 0 Å². The lowest BCUT2D eigenvalue weighted by Crippen LogP contribution is -1.98. The topological polar surface area (TPSA) is 108 Å². The Morgan fingerprint density at radius 2 is 1.51 bits per heavy atom. The van der Waals surface area contributed by atoms with Gasteiger partial charge >= 0.3 is 0 Å². The molecule has 9 rings (SSSR count). The minimum atomic E-state index is 0.687. The molecule has 9 heterocycles. The van der Waals surface area contributed by atoms with Crippen LogP contribution in [-0.2, 0) is 0 Å². The number of pyridine rings is 4. The molecule has 0 amide bonds. The van der Waals surface area contributed by atoms with E-state index in [0.717, 1.165) is 68.6 Å². The molecule has 9 aromatic heterocycles.